The number of hydrogen-bond acceptors (Lipinski definition) is 7. The van der Waals surface area contributed by atoms with Gasteiger partial charge < -0.3 is 25.2 Å². The number of Topliss-reactive ketones (excluding diaryl/α,β-unsaturated/α-hetero) is 1. The Balaban J connectivity index is 1.89. The van der Waals surface area contributed by atoms with Crippen LogP contribution in [-0.4, -0.2) is 61.7 Å². The zero-order valence-electron chi connectivity index (χ0n) is 18.2. The number of carbonyl (C=O) groups is 2. The highest BCUT2D eigenvalue weighted by Gasteiger charge is 2.78. The molecule has 30 heavy (non-hydrogen) atoms. The Hall–Kier alpha value is -1.28. The summed E-state index contributed by atoms with van der Waals surface area (Å²) in [5.74, 6) is -1.66. The number of aliphatic hydroxyl groups is 4. The molecule has 9 atom stereocenters. The normalized spacial score (nSPS) is 51.3. The molecule has 0 aromatic heterocycles. The van der Waals surface area contributed by atoms with Crippen molar-refractivity contribution in [2.75, 3.05) is 0 Å². The molecule has 3 saturated carbocycles. The smallest absolute Gasteiger partial charge is 0.302 e. The number of ether oxygens (including phenoxy) is 1. The fourth-order valence-electron chi connectivity index (χ4n) is 7.71. The van der Waals surface area contributed by atoms with E-state index < -0.39 is 52.2 Å². The summed E-state index contributed by atoms with van der Waals surface area (Å²) in [5.41, 5.74) is -4.47. The number of aliphatic hydroxyl groups excluding tert-OH is 2. The van der Waals surface area contributed by atoms with Crippen LogP contribution < -0.4 is 0 Å². The Bertz CT molecular complexity index is 805. The van der Waals surface area contributed by atoms with Gasteiger partial charge in [-0.2, -0.15) is 0 Å². The lowest BCUT2D eigenvalue weighted by molar-refractivity contribution is -0.306. The third-order valence-electron chi connectivity index (χ3n) is 9.29. The predicted octanol–water partition coefficient (Wildman–Crippen LogP) is 1.26. The monoisotopic (exact) mass is 422 g/mol. The van der Waals surface area contributed by atoms with Crippen LogP contribution in [0.3, 0.4) is 0 Å². The number of carbonyl (C=O) groups excluding carboxylic acids is 2. The highest BCUT2D eigenvalue weighted by Crippen LogP contribution is 2.70. The largest absolute Gasteiger partial charge is 0.462 e. The van der Waals surface area contributed by atoms with Crippen LogP contribution in [0.25, 0.3) is 0 Å². The molecule has 0 saturated heterocycles. The Morgan fingerprint density at radius 3 is 2.53 bits per heavy atom. The van der Waals surface area contributed by atoms with E-state index in [4.69, 9.17) is 4.74 Å². The second-order valence-corrected chi connectivity index (χ2v) is 10.4. The summed E-state index contributed by atoms with van der Waals surface area (Å²) in [5, 5.41) is 44.8. The summed E-state index contributed by atoms with van der Waals surface area (Å²) in [6.07, 6.45) is 0.981. The molecule has 0 spiro atoms. The van der Waals surface area contributed by atoms with Gasteiger partial charge in [0.1, 0.15) is 17.5 Å². The van der Waals surface area contributed by atoms with Gasteiger partial charge in [-0.3, -0.25) is 9.59 Å². The summed E-state index contributed by atoms with van der Waals surface area (Å²) in [6.45, 7) is 6.57. The second-order valence-electron chi connectivity index (χ2n) is 10.4. The van der Waals surface area contributed by atoms with Gasteiger partial charge in [-0.15, -0.1) is 0 Å². The lowest BCUT2D eigenvalue weighted by Crippen LogP contribution is -2.76. The van der Waals surface area contributed by atoms with Crippen molar-refractivity contribution < 1.29 is 34.8 Å². The van der Waals surface area contributed by atoms with Crippen LogP contribution in [0.1, 0.15) is 66.2 Å². The first kappa shape index (κ1) is 21.9. The van der Waals surface area contributed by atoms with Gasteiger partial charge in [0, 0.05) is 24.7 Å². The van der Waals surface area contributed by atoms with Crippen LogP contribution in [0, 0.1) is 22.7 Å². The molecule has 0 aromatic rings. The molecule has 4 aliphatic rings. The summed E-state index contributed by atoms with van der Waals surface area (Å²) in [6, 6.07) is 0. The van der Waals surface area contributed by atoms with E-state index in [0.29, 0.717) is 12.8 Å². The Morgan fingerprint density at radius 1 is 1.27 bits per heavy atom. The third-order valence-corrected chi connectivity index (χ3v) is 9.29. The molecule has 168 valence electrons. The van der Waals surface area contributed by atoms with Crippen LogP contribution in [0.15, 0.2) is 11.6 Å². The number of esters is 1. The van der Waals surface area contributed by atoms with Gasteiger partial charge in [-0.05, 0) is 51.9 Å². The molecule has 0 amide bonds. The molecule has 0 aromatic carbocycles. The fraction of sp³-hybridized carbons (Fsp3) is 0.826. The minimum Gasteiger partial charge on any atom is -0.462 e. The van der Waals surface area contributed by atoms with E-state index in [1.54, 1.807) is 26.8 Å². The first-order valence-corrected chi connectivity index (χ1v) is 11.0. The predicted molar refractivity (Wildman–Crippen MR) is 107 cm³/mol. The number of allylic oxidation sites excluding steroid dienone is 1. The maximum Gasteiger partial charge on any atom is 0.302 e. The van der Waals surface area contributed by atoms with Gasteiger partial charge in [0.05, 0.1) is 23.2 Å². The Morgan fingerprint density at radius 2 is 1.93 bits per heavy atom. The minimum absolute atomic E-state index is 0.0309. The number of rotatable bonds is 2. The van der Waals surface area contributed by atoms with Crippen molar-refractivity contribution in [3.8, 4) is 0 Å². The van der Waals surface area contributed by atoms with Gasteiger partial charge in [0.15, 0.2) is 0 Å². The molecule has 3 fully saturated rings. The van der Waals surface area contributed by atoms with Crippen molar-refractivity contribution in [1.82, 2.24) is 0 Å². The number of ketones is 1. The molecule has 7 nitrogen and oxygen atoms in total. The van der Waals surface area contributed by atoms with Crippen LogP contribution in [0.5, 0.6) is 0 Å². The Labute approximate surface area is 177 Å². The average molecular weight is 423 g/mol. The van der Waals surface area contributed by atoms with Crippen molar-refractivity contribution in [2.24, 2.45) is 22.7 Å². The zero-order valence-corrected chi connectivity index (χ0v) is 18.2. The van der Waals surface area contributed by atoms with Crippen molar-refractivity contribution in [3.05, 3.63) is 11.6 Å². The van der Waals surface area contributed by atoms with Crippen LogP contribution in [0.2, 0.25) is 0 Å². The van der Waals surface area contributed by atoms with Crippen molar-refractivity contribution in [2.45, 2.75) is 95.7 Å². The Kier molecular flexibility index (Phi) is 4.83. The third kappa shape index (κ3) is 2.46. The van der Waals surface area contributed by atoms with E-state index in [2.05, 4.69) is 0 Å². The van der Waals surface area contributed by atoms with E-state index in [1.807, 2.05) is 0 Å². The molecule has 0 bridgehead atoms. The van der Waals surface area contributed by atoms with Gasteiger partial charge in [-0.25, -0.2) is 0 Å². The number of fused-ring (bicyclic) bond motifs is 5. The van der Waals surface area contributed by atoms with Crippen molar-refractivity contribution in [1.29, 1.82) is 0 Å². The van der Waals surface area contributed by atoms with Gasteiger partial charge in [0.2, 0.25) is 0 Å². The van der Waals surface area contributed by atoms with Gasteiger partial charge in [0.25, 0.3) is 0 Å². The average Bonchev–Trinajstić information content (AvgIpc) is 2.92. The number of hydrogen-bond donors (Lipinski definition) is 4. The first-order chi connectivity index (χ1) is 13.8. The van der Waals surface area contributed by atoms with Crippen molar-refractivity contribution in [3.63, 3.8) is 0 Å². The lowest BCUT2D eigenvalue weighted by atomic mass is 9.42. The summed E-state index contributed by atoms with van der Waals surface area (Å²) in [7, 11) is 0. The van der Waals surface area contributed by atoms with E-state index in [1.165, 1.54) is 6.92 Å². The van der Waals surface area contributed by atoms with Crippen LogP contribution >= 0.6 is 0 Å². The standard InChI is InChI=1S/C23H34O7/c1-12(24)16-6-8-23(29)21(16,4)19(30-13(2)25)11-17-20(3)14(5-7-22(17,23)28)9-15(26)10-18(20)27/h9,12,15-17,19,24,26,28-29H,5-8,10-11H2,1-4H3/t12-,15+,16+,17+,19+,20-,21-,22+,23+/m0/s1. The summed E-state index contributed by atoms with van der Waals surface area (Å²) >= 11 is 0. The van der Waals surface area contributed by atoms with E-state index in [-0.39, 0.29) is 37.4 Å². The van der Waals surface area contributed by atoms with E-state index >= 15 is 0 Å². The van der Waals surface area contributed by atoms with E-state index in [9.17, 15) is 30.0 Å². The summed E-state index contributed by atoms with van der Waals surface area (Å²) in [4.78, 5) is 25.2. The zero-order chi connectivity index (χ0) is 22.3. The molecule has 4 N–H and O–H groups in total. The second kappa shape index (κ2) is 6.61. The summed E-state index contributed by atoms with van der Waals surface area (Å²) < 4.78 is 5.73. The molecular weight excluding hydrogens is 388 g/mol. The van der Waals surface area contributed by atoms with Crippen LogP contribution in [-0.2, 0) is 14.3 Å². The fourth-order valence-corrected chi connectivity index (χ4v) is 7.71. The maximum atomic E-state index is 13.2. The lowest BCUT2D eigenvalue weighted by Gasteiger charge is -2.66. The van der Waals surface area contributed by atoms with Gasteiger partial charge in [-0.1, -0.05) is 18.6 Å². The van der Waals surface area contributed by atoms with Crippen molar-refractivity contribution >= 4 is 11.8 Å². The molecule has 4 aliphatic carbocycles. The van der Waals surface area contributed by atoms with Crippen LogP contribution in [0.4, 0.5) is 0 Å². The molecule has 7 heteroatoms. The first-order valence-electron chi connectivity index (χ1n) is 11.0. The topological polar surface area (TPSA) is 124 Å². The molecule has 4 rings (SSSR count). The minimum atomic E-state index is -1.62. The molecule has 0 radical (unpaired) electrons. The highest BCUT2D eigenvalue weighted by atomic mass is 16.5. The molecule has 0 unspecified atom stereocenters. The SMILES string of the molecule is CC(=O)O[C@@H]1C[C@@H]2[C@@]3(C)C(=O)C[C@H](O)C=C3CC[C@]2(O)[C@@]2(O)CC[C@H]([C@H](C)O)[C@@]12C. The quantitative estimate of drug-likeness (QED) is 0.390. The van der Waals surface area contributed by atoms with Gasteiger partial charge >= 0.3 is 5.97 Å². The molecule has 0 heterocycles. The molecule has 0 aliphatic heterocycles. The van der Waals surface area contributed by atoms with E-state index in [0.717, 1.165) is 5.57 Å². The molecular formula is C23H34O7. The maximum absolute atomic E-state index is 13.2. The highest BCUT2D eigenvalue weighted by molar-refractivity contribution is 5.90.